The predicted molar refractivity (Wildman–Crippen MR) is 120 cm³/mol. The largest absolute Gasteiger partial charge is 0.492 e. The third kappa shape index (κ3) is 4.23. The molecular weight excluding hydrogens is 410 g/mol. The molecule has 0 fully saturated rings. The number of likely N-dealkylation sites (N-methyl/N-ethyl adjacent to an activating group) is 1. The first-order valence-electron chi connectivity index (χ1n) is 10.8. The molecule has 2 aliphatic heterocycles. The van der Waals surface area contributed by atoms with Crippen LogP contribution >= 0.6 is 0 Å². The molecule has 0 bridgehead atoms. The van der Waals surface area contributed by atoms with Crippen molar-refractivity contribution in [2.24, 2.45) is 5.92 Å². The van der Waals surface area contributed by atoms with Crippen molar-refractivity contribution in [3.63, 3.8) is 0 Å². The molecule has 2 aromatic carbocycles. The van der Waals surface area contributed by atoms with Gasteiger partial charge in [0.05, 0.1) is 7.11 Å². The van der Waals surface area contributed by atoms with Crippen LogP contribution in [0.15, 0.2) is 24.3 Å². The van der Waals surface area contributed by atoms with E-state index < -0.39 is 0 Å². The highest BCUT2D eigenvalue weighted by atomic mass is 16.7. The number of amides is 2. The van der Waals surface area contributed by atoms with Crippen LogP contribution in [-0.2, 0) is 24.3 Å². The lowest BCUT2D eigenvalue weighted by atomic mass is 9.92. The smallest absolute Gasteiger partial charge is 0.251 e. The van der Waals surface area contributed by atoms with Crippen molar-refractivity contribution in [3.8, 4) is 17.2 Å². The van der Waals surface area contributed by atoms with Crippen molar-refractivity contribution in [2.75, 3.05) is 32.8 Å². The van der Waals surface area contributed by atoms with Crippen molar-refractivity contribution in [1.82, 2.24) is 10.2 Å². The van der Waals surface area contributed by atoms with Gasteiger partial charge in [0, 0.05) is 47.9 Å². The maximum Gasteiger partial charge on any atom is 0.251 e. The summed E-state index contributed by atoms with van der Waals surface area (Å²) >= 11 is 0. The van der Waals surface area contributed by atoms with E-state index in [0.29, 0.717) is 35.0 Å². The monoisotopic (exact) mass is 439 g/mol. The van der Waals surface area contributed by atoms with Crippen LogP contribution in [0.4, 0.5) is 5.69 Å². The van der Waals surface area contributed by atoms with E-state index in [1.165, 1.54) is 0 Å². The number of hydrogen-bond donors (Lipinski definition) is 2. The third-order valence-corrected chi connectivity index (χ3v) is 5.81. The number of fused-ring (bicyclic) bond motifs is 2. The minimum absolute atomic E-state index is 0.0925. The fourth-order valence-electron chi connectivity index (χ4n) is 4.08. The Morgan fingerprint density at radius 3 is 2.72 bits per heavy atom. The highest BCUT2D eigenvalue weighted by Crippen LogP contribution is 2.49. The standard InChI is InChI=1S/C24H29N3O5/c1-14(2)23(28)26-16-7-5-6-15(10-16)24(29)25-11-18-17-8-9-27(3)12-19(17)20(30-4)22-21(18)31-13-32-22/h5-7,10,14H,8-9,11-13H2,1-4H3,(H,25,29)(H,26,28). The van der Waals surface area contributed by atoms with E-state index in [0.717, 1.165) is 36.2 Å². The molecule has 2 aromatic rings. The second kappa shape index (κ2) is 9.08. The van der Waals surface area contributed by atoms with Gasteiger partial charge in [-0.2, -0.15) is 0 Å². The van der Waals surface area contributed by atoms with Gasteiger partial charge in [-0.25, -0.2) is 0 Å². The molecule has 32 heavy (non-hydrogen) atoms. The molecule has 0 aromatic heterocycles. The minimum Gasteiger partial charge on any atom is -0.492 e. The lowest BCUT2D eigenvalue weighted by Crippen LogP contribution is -2.30. The van der Waals surface area contributed by atoms with Gasteiger partial charge in [-0.05, 0) is 37.2 Å². The molecule has 2 amide bonds. The highest BCUT2D eigenvalue weighted by molar-refractivity contribution is 5.97. The van der Waals surface area contributed by atoms with E-state index in [-0.39, 0.29) is 24.5 Å². The molecule has 0 radical (unpaired) electrons. The van der Waals surface area contributed by atoms with E-state index in [9.17, 15) is 9.59 Å². The van der Waals surface area contributed by atoms with Gasteiger partial charge in [0.25, 0.3) is 5.91 Å². The van der Waals surface area contributed by atoms with Gasteiger partial charge in [0.2, 0.25) is 18.4 Å². The molecule has 170 valence electrons. The lowest BCUT2D eigenvalue weighted by molar-refractivity contribution is -0.118. The van der Waals surface area contributed by atoms with Crippen LogP contribution in [0.5, 0.6) is 17.2 Å². The third-order valence-electron chi connectivity index (χ3n) is 5.81. The summed E-state index contributed by atoms with van der Waals surface area (Å²) in [7, 11) is 3.71. The van der Waals surface area contributed by atoms with Gasteiger partial charge < -0.3 is 29.7 Å². The molecule has 2 aliphatic rings. The van der Waals surface area contributed by atoms with Crippen LogP contribution < -0.4 is 24.8 Å². The lowest BCUT2D eigenvalue weighted by Gasteiger charge is -2.29. The van der Waals surface area contributed by atoms with Crippen molar-refractivity contribution in [3.05, 3.63) is 46.5 Å². The second-order valence-corrected chi connectivity index (χ2v) is 8.43. The number of rotatable bonds is 6. The topological polar surface area (TPSA) is 89.1 Å². The zero-order chi connectivity index (χ0) is 22.8. The molecule has 0 aliphatic carbocycles. The van der Waals surface area contributed by atoms with E-state index in [1.54, 1.807) is 31.4 Å². The Morgan fingerprint density at radius 1 is 1.19 bits per heavy atom. The van der Waals surface area contributed by atoms with Gasteiger partial charge >= 0.3 is 0 Å². The number of carbonyl (C=O) groups is 2. The normalized spacial score (nSPS) is 14.8. The Labute approximate surface area is 187 Å². The van der Waals surface area contributed by atoms with Crippen LogP contribution in [0, 0.1) is 5.92 Å². The van der Waals surface area contributed by atoms with Gasteiger partial charge in [-0.1, -0.05) is 19.9 Å². The summed E-state index contributed by atoms with van der Waals surface area (Å²) in [5, 5.41) is 5.83. The fraction of sp³-hybridized carbons (Fsp3) is 0.417. The second-order valence-electron chi connectivity index (χ2n) is 8.43. The Morgan fingerprint density at radius 2 is 1.97 bits per heavy atom. The van der Waals surface area contributed by atoms with Gasteiger partial charge in [-0.15, -0.1) is 0 Å². The van der Waals surface area contributed by atoms with Crippen molar-refractivity contribution < 1.29 is 23.8 Å². The fourth-order valence-corrected chi connectivity index (χ4v) is 4.08. The molecule has 4 rings (SSSR count). The number of nitrogens with zero attached hydrogens (tertiary/aromatic N) is 1. The van der Waals surface area contributed by atoms with Crippen LogP contribution in [-0.4, -0.2) is 44.2 Å². The van der Waals surface area contributed by atoms with Crippen molar-refractivity contribution in [1.29, 1.82) is 0 Å². The first kappa shape index (κ1) is 22.0. The quantitative estimate of drug-likeness (QED) is 0.720. The summed E-state index contributed by atoms with van der Waals surface area (Å²) in [4.78, 5) is 27.1. The van der Waals surface area contributed by atoms with E-state index >= 15 is 0 Å². The van der Waals surface area contributed by atoms with E-state index in [1.807, 2.05) is 13.8 Å². The maximum atomic E-state index is 12.9. The number of methoxy groups -OCH3 is 1. The number of benzene rings is 2. The summed E-state index contributed by atoms with van der Waals surface area (Å²) in [6, 6.07) is 6.93. The SMILES string of the molecule is COc1c2c(c(CNC(=O)c3cccc(NC(=O)C(C)C)c3)c3c1OCO3)CCN(C)C2. The Hall–Kier alpha value is -3.26. The maximum absolute atomic E-state index is 12.9. The summed E-state index contributed by atoms with van der Waals surface area (Å²) in [6.07, 6.45) is 0.834. The van der Waals surface area contributed by atoms with Gasteiger partial charge in [-0.3, -0.25) is 9.59 Å². The average molecular weight is 440 g/mol. The first-order valence-corrected chi connectivity index (χ1v) is 10.8. The molecule has 0 saturated heterocycles. The molecule has 0 unspecified atom stereocenters. The zero-order valence-corrected chi connectivity index (χ0v) is 18.9. The molecule has 8 nitrogen and oxygen atoms in total. The van der Waals surface area contributed by atoms with Crippen LogP contribution in [0.1, 0.15) is 40.9 Å². The first-order chi connectivity index (χ1) is 15.4. The van der Waals surface area contributed by atoms with Gasteiger partial charge in [0.15, 0.2) is 11.5 Å². The molecule has 0 atom stereocenters. The molecule has 8 heteroatoms. The van der Waals surface area contributed by atoms with Crippen LogP contribution in [0.2, 0.25) is 0 Å². The number of anilines is 1. The van der Waals surface area contributed by atoms with Crippen LogP contribution in [0.3, 0.4) is 0 Å². The molecular formula is C24H29N3O5. The van der Waals surface area contributed by atoms with Crippen LogP contribution in [0.25, 0.3) is 0 Å². The Bertz CT molecular complexity index is 1050. The summed E-state index contributed by atoms with van der Waals surface area (Å²) in [5.74, 6) is 1.49. The Kier molecular flexibility index (Phi) is 6.23. The molecule has 2 N–H and O–H groups in total. The number of nitrogens with one attached hydrogen (secondary N) is 2. The minimum atomic E-state index is -0.226. The molecule has 0 spiro atoms. The van der Waals surface area contributed by atoms with Crippen molar-refractivity contribution in [2.45, 2.75) is 33.4 Å². The molecule has 2 heterocycles. The Balaban J connectivity index is 1.57. The predicted octanol–water partition coefficient (Wildman–Crippen LogP) is 2.94. The number of hydrogen-bond acceptors (Lipinski definition) is 6. The summed E-state index contributed by atoms with van der Waals surface area (Å²) in [6.45, 7) is 5.74. The molecule has 0 saturated carbocycles. The van der Waals surface area contributed by atoms with E-state index in [2.05, 4.69) is 22.6 Å². The summed E-state index contributed by atoms with van der Waals surface area (Å²) < 4.78 is 17.1. The number of ether oxygens (including phenoxy) is 3. The van der Waals surface area contributed by atoms with Gasteiger partial charge in [0.1, 0.15) is 0 Å². The number of carbonyl (C=O) groups excluding carboxylic acids is 2. The average Bonchev–Trinajstić information content (AvgIpc) is 3.26. The highest BCUT2D eigenvalue weighted by Gasteiger charge is 2.32. The zero-order valence-electron chi connectivity index (χ0n) is 18.9. The summed E-state index contributed by atoms with van der Waals surface area (Å²) in [5.41, 5.74) is 4.22. The van der Waals surface area contributed by atoms with E-state index in [4.69, 9.17) is 14.2 Å². The van der Waals surface area contributed by atoms with Crippen molar-refractivity contribution >= 4 is 17.5 Å².